The quantitative estimate of drug-likeness (QED) is 0.644. The largest absolute Gasteiger partial charge is 0.429 e. The van der Waals surface area contributed by atoms with Crippen LogP contribution in [0.25, 0.3) is 10.9 Å². The highest BCUT2D eigenvalue weighted by Crippen LogP contribution is 2.22. The summed E-state index contributed by atoms with van der Waals surface area (Å²) in [7, 11) is 0. The number of rotatable bonds is 7. The van der Waals surface area contributed by atoms with Gasteiger partial charge in [0, 0.05) is 42.5 Å². The fraction of sp³-hybridized carbons (Fsp3) is 0.389. The lowest BCUT2D eigenvalue weighted by Gasteiger charge is -2.32. The highest BCUT2D eigenvalue weighted by Gasteiger charge is 2.36. The molecule has 1 aliphatic rings. The Morgan fingerprint density at radius 3 is 2.63 bits per heavy atom. The van der Waals surface area contributed by atoms with E-state index in [0.29, 0.717) is 19.8 Å². The zero-order valence-electron chi connectivity index (χ0n) is 14.4. The van der Waals surface area contributed by atoms with Gasteiger partial charge < -0.3 is 20.0 Å². The van der Waals surface area contributed by atoms with Crippen molar-refractivity contribution in [2.24, 2.45) is 5.92 Å². The van der Waals surface area contributed by atoms with Crippen LogP contribution in [0, 0.1) is 16.7 Å². The van der Waals surface area contributed by atoms with Crippen LogP contribution < -0.4 is 0 Å². The Balaban J connectivity index is 1.78. The number of carbonyl (C=O) groups excluding carboxylic acids is 1. The van der Waals surface area contributed by atoms with E-state index in [1.165, 1.54) is 4.90 Å². The number of carbonyl (C=O) groups is 1. The predicted molar refractivity (Wildman–Crippen MR) is 94.2 cm³/mol. The van der Waals surface area contributed by atoms with Gasteiger partial charge in [0.25, 0.3) is 5.91 Å². The number of hydrogen-bond donors (Lipinski definition) is 3. The zero-order valence-corrected chi connectivity index (χ0v) is 14.4. The number of aromatic nitrogens is 1. The molecule has 0 atom stereocenters. The van der Waals surface area contributed by atoms with Gasteiger partial charge in [-0.3, -0.25) is 10.2 Å². The fourth-order valence-corrected chi connectivity index (χ4v) is 2.96. The third-order valence-electron chi connectivity index (χ3n) is 4.47. The van der Waals surface area contributed by atoms with Gasteiger partial charge in [-0.15, -0.1) is 0 Å². The number of fused-ring (bicyclic) bond motifs is 1. The Bertz CT molecular complexity index is 871. The minimum Gasteiger partial charge on any atom is -0.381 e. The van der Waals surface area contributed by atoms with E-state index in [1.807, 2.05) is 24.3 Å². The van der Waals surface area contributed by atoms with Crippen LogP contribution in [0.2, 0.25) is 0 Å². The summed E-state index contributed by atoms with van der Waals surface area (Å²) in [4.78, 5) is 17.1. The van der Waals surface area contributed by atoms with Crippen LogP contribution in [0.4, 0.5) is 13.2 Å². The van der Waals surface area contributed by atoms with Gasteiger partial charge in [-0.25, -0.2) is 0 Å². The van der Waals surface area contributed by atoms with E-state index >= 15 is 0 Å². The van der Waals surface area contributed by atoms with Gasteiger partial charge in [0.1, 0.15) is 11.4 Å². The third-order valence-corrected chi connectivity index (χ3v) is 4.47. The molecule has 3 rings (SSSR count). The van der Waals surface area contributed by atoms with E-state index in [1.54, 1.807) is 6.20 Å². The van der Waals surface area contributed by atoms with Crippen molar-refractivity contribution in [3.05, 3.63) is 36.0 Å². The van der Waals surface area contributed by atoms with Crippen molar-refractivity contribution in [1.82, 2.24) is 9.88 Å². The van der Waals surface area contributed by atoms with Crippen LogP contribution in [-0.4, -0.2) is 53.1 Å². The molecule has 0 unspecified atom stereocenters. The summed E-state index contributed by atoms with van der Waals surface area (Å²) in [6.45, 7) is 1.42. The molecule has 2 heterocycles. The summed E-state index contributed by atoms with van der Waals surface area (Å²) < 4.78 is 42.8. The number of aromatic amines is 1. The van der Waals surface area contributed by atoms with Crippen molar-refractivity contribution in [3.8, 4) is 0 Å². The first kappa shape index (κ1) is 19.1. The van der Waals surface area contributed by atoms with Gasteiger partial charge >= 0.3 is 6.18 Å². The first-order chi connectivity index (χ1) is 12.8. The lowest BCUT2D eigenvalue weighted by Crippen LogP contribution is -2.45. The van der Waals surface area contributed by atoms with Crippen molar-refractivity contribution >= 4 is 28.2 Å². The molecule has 1 amide bonds. The monoisotopic (exact) mass is 380 g/mol. The number of amides is 1. The van der Waals surface area contributed by atoms with Crippen LogP contribution in [0.3, 0.4) is 0 Å². The second-order valence-electron chi connectivity index (χ2n) is 6.58. The van der Waals surface area contributed by atoms with E-state index in [0.717, 1.165) is 16.5 Å². The maximum atomic E-state index is 12.6. The van der Waals surface area contributed by atoms with Gasteiger partial charge in [-0.1, -0.05) is 12.1 Å². The van der Waals surface area contributed by atoms with Gasteiger partial charge in [0.15, 0.2) is 0 Å². The molecule has 0 bridgehead atoms. The number of hydrogen-bond acceptors (Lipinski definition) is 4. The third kappa shape index (κ3) is 4.36. The van der Waals surface area contributed by atoms with Crippen LogP contribution >= 0.6 is 0 Å². The molecule has 2 aromatic rings. The molecule has 6 nitrogen and oxygen atoms in total. The van der Waals surface area contributed by atoms with Crippen molar-refractivity contribution in [3.63, 3.8) is 0 Å². The van der Waals surface area contributed by atoms with E-state index in [4.69, 9.17) is 15.6 Å². The molecule has 0 saturated carbocycles. The van der Waals surface area contributed by atoms with Crippen LogP contribution in [-0.2, 0) is 16.1 Å². The van der Waals surface area contributed by atoms with E-state index < -0.39 is 29.9 Å². The molecule has 1 aromatic heterocycles. The smallest absolute Gasteiger partial charge is 0.381 e. The predicted octanol–water partition coefficient (Wildman–Crippen LogP) is 3.13. The second-order valence-corrected chi connectivity index (χ2v) is 6.58. The first-order valence-electron chi connectivity index (χ1n) is 8.39. The Kier molecular flexibility index (Phi) is 5.31. The number of ether oxygens (including phenoxy) is 1. The zero-order chi connectivity index (χ0) is 19.6. The Labute approximate surface area is 153 Å². The topological polar surface area (TPSA) is 93.0 Å². The number of H-pyrrole nitrogens is 1. The molecule has 1 aromatic carbocycles. The highest BCUT2D eigenvalue weighted by molar-refractivity contribution is 6.41. The lowest BCUT2D eigenvalue weighted by molar-refractivity contribution is -0.128. The summed E-state index contributed by atoms with van der Waals surface area (Å²) >= 11 is 0. The lowest BCUT2D eigenvalue weighted by atomic mass is 10.0. The summed E-state index contributed by atoms with van der Waals surface area (Å²) in [6.07, 6.45) is -4.10. The number of nitrogens with zero attached hydrogens (tertiary/aromatic N) is 1. The molecular weight excluding hydrogens is 361 g/mol. The van der Waals surface area contributed by atoms with E-state index in [2.05, 4.69) is 4.98 Å². The van der Waals surface area contributed by atoms with Gasteiger partial charge in [-0.05, 0) is 17.7 Å². The summed E-state index contributed by atoms with van der Waals surface area (Å²) in [6, 6.07) is 7.42. The molecule has 27 heavy (non-hydrogen) atoms. The van der Waals surface area contributed by atoms with Crippen molar-refractivity contribution in [2.45, 2.75) is 19.1 Å². The number of benzene rings is 1. The van der Waals surface area contributed by atoms with Crippen LogP contribution in [0.1, 0.15) is 12.0 Å². The summed E-state index contributed by atoms with van der Waals surface area (Å²) in [5.41, 5.74) is -0.610. The molecule has 1 fully saturated rings. The Hall–Kier alpha value is -2.68. The maximum absolute atomic E-state index is 12.6. The van der Waals surface area contributed by atoms with Gasteiger partial charge in [0.05, 0.1) is 13.2 Å². The van der Waals surface area contributed by atoms with E-state index in [-0.39, 0.29) is 12.5 Å². The molecule has 9 heteroatoms. The summed E-state index contributed by atoms with van der Waals surface area (Å²) in [5.74, 6) is -0.697. The van der Waals surface area contributed by atoms with Crippen LogP contribution in [0.5, 0.6) is 0 Å². The standard InChI is InChI=1S/C18H19F3N4O2/c19-18(20,21)16(23)6-14(22)17(26)25(7-11-9-27-10-11)8-12-2-1-3-15-13(12)4-5-24-15/h1-5,11,22-24H,6-10H2. The van der Waals surface area contributed by atoms with Gasteiger partial charge in [0.2, 0.25) is 0 Å². The fourth-order valence-electron chi connectivity index (χ4n) is 2.96. The normalized spacial score (nSPS) is 14.8. The van der Waals surface area contributed by atoms with Crippen molar-refractivity contribution < 1.29 is 22.7 Å². The molecule has 144 valence electrons. The number of halogens is 3. The maximum Gasteiger partial charge on any atom is 0.429 e. The molecule has 1 aliphatic heterocycles. The molecule has 1 saturated heterocycles. The Morgan fingerprint density at radius 1 is 1.26 bits per heavy atom. The molecule has 0 aliphatic carbocycles. The van der Waals surface area contributed by atoms with E-state index in [9.17, 15) is 18.0 Å². The number of nitrogens with one attached hydrogen (secondary N) is 3. The SMILES string of the molecule is N=C(CC(=N)C(F)(F)F)C(=O)N(Cc1cccc2[nH]ccc12)CC1COC1. The Morgan fingerprint density at radius 2 is 2.00 bits per heavy atom. The minimum atomic E-state index is -4.84. The molecule has 3 N–H and O–H groups in total. The molecule has 0 radical (unpaired) electrons. The minimum absolute atomic E-state index is 0.0919. The van der Waals surface area contributed by atoms with Gasteiger partial charge in [-0.2, -0.15) is 13.2 Å². The second kappa shape index (κ2) is 7.51. The molecular formula is C18H19F3N4O2. The first-order valence-corrected chi connectivity index (χ1v) is 8.39. The average molecular weight is 380 g/mol. The highest BCUT2D eigenvalue weighted by atomic mass is 19.4. The van der Waals surface area contributed by atoms with Crippen molar-refractivity contribution in [2.75, 3.05) is 19.8 Å². The van der Waals surface area contributed by atoms with Crippen molar-refractivity contribution in [1.29, 1.82) is 10.8 Å². The number of alkyl halides is 3. The van der Waals surface area contributed by atoms with Crippen LogP contribution in [0.15, 0.2) is 30.5 Å². The molecule has 0 spiro atoms. The summed E-state index contributed by atoms with van der Waals surface area (Å²) in [5, 5.41) is 15.7. The average Bonchev–Trinajstić information content (AvgIpc) is 3.04.